The van der Waals surface area contributed by atoms with Crippen molar-refractivity contribution in [2.45, 2.75) is 44.8 Å². The second-order valence-corrected chi connectivity index (χ2v) is 6.71. The maximum absolute atomic E-state index is 12.3. The molecule has 2 N–H and O–H groups in total. The number of fused-ring (bicyclic) bond motifs is 1. The van der Waals surface area contributed by atoms with Gasteiger partial charge in [-0.1, -0.05) is 24.3 Å². The quantitative estimate of drug-likeness (QED) is 0.773. The highest BCUT2D eigenvalue weighted by Gasteiger charge is 2.20. The molecule has 0 radical (unpaired) electrons. The highest BCUT2D eigenvalue weighted by atomic mass is 16.5. The van der Waals surface area contributed by atoms with Crippen LogP contribution in [0.5, 0.6) is 0 Å². The van der Waals surface area contributed by atoms with Crippen LogP contribution in [-0.4, -0.2) is 49.2 Å². The molecule has 3 rings (SSSR count). The maximum Gasteiger partial charge on any atom is 0.314 e. The van der Waals surface area contributed by atoms with Gasteiger partial charge in [-0.3, -0.25) is 4.79 Å². The third-order valence-electron chi connectivity index (χ3n) is 4.85. The Kier molecular flexibility index (Phi) is 6.28. The molecular formula is C19H27N3O3. The van der Waals surface area contributed by atoms with E-state index in [2.05, 4.69) is 22.8 Å². The second kappa shape index (κ2) is 8.85. The monoisotopic (exact) mass is 345 g/mol. The molecule has 1 aromatic carbocycles. The zero-order valence-corrected chi connectivity index (χ0v) is 14.6. The van der Waals surface area contributed by atoms with Crippen molar-refractivity contribution in [3.8, 4) is 0 Å². The van der Waals surface area contributed by atoms with Crippen LogP contribution in [0.1, 0.15) is 36.8 Å². The van der Waals surface area contributed by atoms with E-state index < -0.39 is 0 Å². The van der Waals surface area contributed by atoms with E-state index in [9.17, 15) is 9.59 Å². The number of amides is 3. The third-order valence-corrected chi connectivity index (χ3v) is 4.85. The standard InChI is InChI=1S/C19H27N3O3/c23-18(22-11-9-15-5-1-2-6-16(15)14-22)8-3-10-20-19(24)21-13-17-7-4-12-25-17/h1-2,5-6,17H,3-4,7-14H2,(H2,20,21,24)/t17-/m0/s1. The Balaban J connectivity index is 1.30. The summed E-state index contributed by atoms with van der Waals surface area (Å²) < 4.78 is 5.46. The van der Waals surface area contributed by atoms with Gasteiger partial charge < -0.3 is 20.3 Å². The molecule has 1 fully saturated rings. The van der Waals surface area contributed by atoms with Gasteiger partial charge in [0.05, 0.1) is 6.10 Å². The minimum Gasteiger partial charge on any atom is -0.376 e. The molecule has 136 valence electrons. The first-order valence-electron chi connectivity index (χ1n) is 9.20. The Hall–Kier alpha value is -2.08. The van der Waals surface area contributed by atoms with Gasteiger partial charge >= 0.3 is 6.03 Å². The van der Waals surface area contributed by atoms with Crippen LogP contribution < -0.4 is 10.6 Å². The van der Waals surface area contributed by atoms with Gasteiger partial charge in [0.15, 0.2) is 0 Å². The summed E-state index contributed by atoms with van der Waals surface area (Å²) in [5.41, 5.74) is 2.59. The summed E-state index contributed by atoms with van der Waals surface area (Å²) in [4.78, 5) is 26.0. The molecule has 2 aliphatic rings. The van der Waals surface area contributed by atoms with E-state index in [1.54, 1.807) is 0 Å². The van der Waals surface area contributed by atoms with E-state index in [0.29, 0.717) is 32.5 Å². The molecule has 0 bridgehead atoms. The Morgan fingerprint density at radius 1 is 1.20 bits per heavy atom. The van der Waals surface area contributed by atoms with Gasteiger partial charge in [0, 0.05) is 39.2 Å². The zero-order valence-electron chi connectivity index (χ0n) is 14.6. The molecule has 0 unspecified atom stereocenters. The van der Waals surface area contributed by atoms with Gasteiger partial charge in [-0.2, -0.15) is 0 Å². The number of ether oxygens (including phenoxy) is 1. The maximum atomic E-state index is 12.3. The lowest BCUT2D eigenvalue weighted by molar-refractivity contribution is -0.132. The van der Waals surface area contributed by atoms with Crippen LogP contribution in [0.15, 0.2) is 24.3 Å². The number of carbonyl (C=O) groups is 2. The van der Waals surface area contributed by atoms with E-state index in [1.165, 1.54) is 11.1 Å². The van der Waals surface area contributed by atoms with E-state index >= 15 is 0 Å². The molecule has 0 aromatic heterocycles. The Labute approximate surface area is 148 Å². The van der Waals surface area contributed by atoms with Gasteiger partial charge in [0.25, 0.3) is 0 Å². The minimum atomic E-state index is -0.185. The lowest BCUT2D eigenvalue weighted by Gasteiger charge is -2.29. The first-order chi connectivity index (χ1) is 12.2. The molecule has 6 heteroatoms. The second-order valence-electron chi connectivity index (χ2n) is 6.71. The Morgan fingerprint density at radius 3 is 2.84 bits per heavy atom. The van der Waals surface area contributed by atoms with Crippen molar-refractivity contribution < 1.29 is 14.3 Å². The van der Waals surface area contributed by atoms with Crippen molar-refractivity contribution in [1.29, 1.82) is 0 Å². The molecule has 6 nitrogen and oxygen atoms in total. The fourth-order valence-corrected chi connectivity index (χ4v) is 3.38. The molecule has 3 amide bonds. The van der Waals surface area contributed by atoms with E-state index in [-0.39, 0.29) is 18.0 Å². The van der Waals surface area contributed by atoms with Crippen LogP contribution in [0, 0.1) is 0 Å². The van der Waals surface area contributed by atoms with Gasteiger partial charge in [-0.15, -0.1) is 0 Å². The van der Waals surface area contributed by atoms with Crippen molar-refractivity contribution in [3.05, 3.63) is 35.4 Å². The fourth-order valence-electron chi connectivity index (χ4n) is 3.38. The number of nitrogens with one attached hydrogen (secondary N) is 2. The van der Waals surface area contributed by atoms with Gasteiger partial charge in [-0.05, 0) is 36.8 Å². The van der Waals surface area contributed by atoms with Crippen LogP contribution in [0.2, 0.25) is 0 Å². The number of hydrogen-bond donors (Lipinski definition) is 2. The summed E-state index contributed by atoms with van der Waals surface area (Å²) >= 11 is 0. The first-order valence-corrected chi connectivity index (χ1v) is 9.20. The van der Waals surface area contributed by atoms with Gasteiger partial charge in [-0.25, -0.2) is 4.79 Å². The van der Waals surface area contributed by atoms with E-state index in [4.69, 9.17) is 4.74 Å². The summed E-state index contributed by atoms with van der Waals surface area (Å²) in [5.74, 6) is 0.163. The molecule has 25 heavy (non-hydrogen) atoms. The molecule has 1 aromatic rings. The van der Waals surface area contributed by atoms with E-state index in [1.807, 2.05) is 17.0 Å². The van der Waals surface area contributed by atoms with E-state index in [0.717, 1.165) is 32.4 Å². The number of nitrogens with zero attached hydrogens (tertiary/aromatic N) is 1. The number of rotatable bonds is 6. The van der Waals surface area contributed by atoms with Crippen molar-refractivity contribution >= 4 is 11.9 Å². The summed E-state index contributed by atoms with van der Waals surface area (Å²) in [6.45, 7) is 3.33. The summed E-state index contributed by atoms with van der Waals surface area (Å²) in [6.07, 6.45) is 4.27. The number of hydrogen-bond acceptors (Lipinski definition) is 3. The average molecular weight is 345 g/mol. The topological polar surface area (TPSA) is 70.7 Å². The number of benzene rings is 1. The molecule has 2 aliphatic heterocycles. The highest BCUT2D eigenvalue weighted by molar-refractivity contribution is 5.77. The molecule has 1 atom stereocenters. The van der Waals surface area contributed by atoms with Crippen molar-refractivity contribution in [2.24, 2.45) is 0 Å². The molecule has 0 aliphatic carbocycles. The Bertz CT molecular complexity index is 599. The SMILES string of the molecule is O=C(NCCCC(=O)N1CCc2ccccc2C1)NC[C@@H]1CCCO1. The van der Waals surface area contributed by atoms with Crippen LogP contribution in [-0.2, 0) is 22.5 Å². The number of carbonyl (C=O) groups excluding carboxylic acids is 2. The van der Waals surface area contributed by atoms with Crippen molar-refractivity contribution in [3.63, 3.8) is 0 Å². The lowest BCUT2D eigenvalue weighted by atomic mass is 9.99. The highest BCUT2D eigenvalue weighted by Crippen LogP contribution is 2.19. The first kappa shape index (κ1) is 17.7. The molecule has 1 saturated heterocycles. The molecule has 0 saturated carbocycles. The van der Waals surface area contributed by atoms with Crippen LogP contribution >= 0.6 is 0 Å². The number of urea groups is 1. The van der Waals surface area contributed by atoms with Crippen LogP contribution in [0.3, 0.4) is 0 Å². The summed E-state index contributed by atoms with van der Waals surface area (Å²) in [7, 11) is 0. The predicted octanol–water partition coefficient (Wildman–Crippen LogP) is 1.83. The van der Waals surface area contributed by atoms with Crippen LogP contribution in [0.4, 0.5) is 4.79 Å². The Morgan fingerprint density at radius 2 is 2.04 bits per heavy atom. The largest absolute Gasteiger partial charge is 0.376 e. The summed E-state index contributed by atoms with van der Waals surface area (Å²) in [6, 6.07) is 8.11. The van der Waals surface area contributed by atoms with Gasteiger partial charge in [0.1, 0.15) is 0 Å². The van der Waals surface area contributed by atoms with Crippen molar-refractivity contribution in [1.82, 2.24) is 15.5 Å². The minimum absolute atomic E-state index is 0.148. The zero-order chi connectivity index (χ0) is 17.5. The summed E-state index contributed by atoms with van der Waals surface area (Å²) in [5, 5.41) is 5.62. The molecule has 0 spiro atoms. The predicted molar refractivity (Wildman–Crippen MR) is 95.2 cm³/mol. The molecular weight excluding hydrogens is 318 g/mol. The smallest absolute Gasteiger partial charge is 0.314 e. The fraction of sp³-hybridized carbons (Fsp3) is 0.579. The third kappa shape index (κ3) is 5.19. The normalized spacial score (nSPS) is 19.4. The molecule has 2 heterocycles. The van der Waals surface area contributed by atoms with Crippen LogP contribution in [0.25, 0.3) is 0 Å². The van der Waals surface area contributed by atoms with Crippen molar-refractivity contribution in [2.75, 3.05) is 26.2 Å². The van der Waals surface area contributed by atoms with Gasteiger partial charge in [0.2, 0.25) is 5.91 Å². The average Bonchev–Trinajstić information content (AvgIpc) is 3.16. The lowest BCUT2D eigenvalue weighted by Crippen LogP contribution is -2.40.